The monoisotopic (exact) mass is 492 g/mol. The van der Waals surface area contributed by atoms with E-state index in [9.17, 15) is 14.2 Å². The fraction of sp³-hybridized carbons (Fsp3) is 0. The predicted octanol–water partition coefficient (Wildman–Crippen LogP) is 6.41. The normalized spacial score (nSPS) is 10.3. The third kappa shape index (κ3) is 7.77. The summed E-state index contributed by atoms with van der Waals surface area (Å²) in [7, 11) is -3.89. The van der Waals surface area contributed by atoms with Gasteiger partial charge in [-0.05, 0) is 48.5 Å². The molecule has 0 bridgehead atoms. The van der Waals surface area contributed by atoms with Crippen molar-refractivity contribution in [1.82, 2.24) is 0 Å². The standard InChI is InChI=1S/C18H15O4P.C8H6O4/c19-23(20-16-10-4-1-5-11-16,21-17-12-6-2-7-13-17)22-18-14-8-3-9-15-18;9-7(10)5-3-1-2-4-6(5)8(11)12/h1-15H;1-4H,(H,9,10)(H,11,12). The zero-order chi connectivity index (χ0) is 25.1. The van der Waals surface area contributed by atoms with Crippen LogP contribution >= 0.6 is 7.82 Å². The molecule has 2 N–H and O–H groups in total. The van der Waals surface area contributed by atoms with E-state index in [4.69, 9.17) is 23.8 Å². The molecule has 0 amide bonds. The van der Waals surface area contributed by atoms with Crippen molar-refractivity contribution in [2.75, 3.05) is 0 Å². The molecule has 9 heteroatoms. The van der Waals surface area contributed by atoms with Crippen LogP contribution in [0.1, 0.15) is 20.7 Å². The zero-order valence-corrected chi connectivity index (χ0v) is 19.2. The van der Waals surface area contributed by atoms with E-state index in [1.165, 1.54) is 24.3 Å². The van der Waals surface area contributed by atoms with Crippen molar-refractivity contribution >= 4 is 19.8 Å². The summed E-state index contributed by atoms with van der Waals surface area (Å²) in [6.45, 7) is 0. The molecular weight excluding hydrogens is 471 g/mol. The van der Waals surface area contributed by atoms with E-state index in [-0.39, 0.29) is 11.1 Å². The van der Waals surface area contributed by atoms with Crippen LogP contribution in [0.15, 0.2) is 115 Å². The summed E-state index contributed by atoms with van der Waals surface area (Å²) < 4.78 is 29.6. The second-order valence-corrected chi connectivity index (χ2v) is 8.26. The summed E-state index contributed by atoms with van der Waals surface area (Å²) in [5.41, 5.74) is -0.380. The predicted molar refractivity (Wildman–Crippen MR) is 129 cm³/mol. The number of benzene rings is 4. The highest BCUT2D eigenvalue weighted by molar-refractivity contribution is 7.49. The molecular formula is C26H21O8P. The number of phosphoric acid groups is 1. The van der Waals surface area contributed by atoms with E-state index in [0.717, 1.165) is 0 Å². The lowest BCUT2D eigenvalue weighted by molar-refractivity contribution is 0.0651. The fourth-order valence-electron chi connectivity index (χ4n) is 2.74. The van der Waals surface area contributed by atoms with Crippen LogP contribution < -0.4 is 13.6 Å². The Morgan fingerprint density at radius 3 is 1.00 bits per heavy atom. The van der Waals surface area contributed by atoms with Crippen LogP contribution in [0.5, 0.6) is 17.2 Å². The number of carbonyl (C=O) groups is 2. The van der Waals surface area contributed by atoms with Gasteiger partial charge in [0.2, 0.25) is 0 Å². The van der Waals surface area contributed by atoms with Gasteiger partial charge >= 0.3 is 19.8 Å². The molecule has 0 aliphatic rings. The topological polar surface area (TPSA) is 119 Å². The van der Waals surface area contributed by atoms with Gasteiger partial charge in [0.05, 0.1) is 11.1 Å². The van der Waals surface area contributed by atoms with Gasteiger partial charge in [-0.3, -0.25) is 0 Å². The van der Waals surface area contributed by atoms with Crippen LogP contribution in [0.2, 0.25) is 0 Å². The Bertz CT molecular complexity index is 1150. The average Bonchev–Trinajstić information content (AvgIpc) is 2.86. The SMILES string of the molecule is O=C(O)c1ccccc1C(=O)O.O=P(Oc1ccccc1)(Oc1ccccc1)Oc1ccccc1. The lowest BCUT2D eigenvalue weighted by Crippen LogP contribution is -2.07. The third-order valence-corrected chi connectivity index (χ3v) is 5.57. The third-order valence-electron chi connectivity index (χ3n) is 4.27. The minimum Gasteiger partial charge on any atom is -0.478 e. The summed E-state index contributed by atoms with van der Waals surface area (Å²) in [5, 5.41) is 17.1. The van der Waals surface area contributed by atoms with Crippen molar-refractivity contribution < 1.29 is 37.9 Å². The number of carboxylic acids is 2. The highest BCUT2D eigenvalue weighted by Crippen LogP contribution is 2.49. The smallest absolute Gasteiger partial charge is 0.478 e. The summed E-state index contributed by atoms with van der Waals surface area (Å²) in [6.07, 6.45) is 0. The quantitative estimate of drug-likeness (QED) is 0.271. The summed E-state index contributed by atoms with van der Waals surface area (Å²) in [6, 6.07) is 31.8. The van der Waals surface area contributed by atoms with Gasteiger partial charge in [0.15, 0.2) is 0 Å². The number of carboxylic acid groups (broad SMARTS) is 2. The Balaban J connectivity index is 0.000000241. The molecule has 0 aliphatic carbocycles. The molecule has 4 aromatic rings. The second kappa shape index (κ2) is 12.1. The van der Waals surface area contributed by atoms with Crippen LogP contribution in [0.3, 0.4) is 0 Å². The summed E-state index contributed by atoms with van der Waals surface area (Å²) >= 11 is 0. The first kappa shape index (κ1) is 25.1. The maximum Gasteiger partial charge on any atom is 0.647 e. The van der Waals surface area contributed by atoms with Gasteiger partial charge in [0.25, 0.3) is 0 Å². The molecule has 0 aromatic heterocycles. The summed E-state index contributed by atoms with van der Waals surface area (Å²) in [4.78, 5) is 20.9. The Morgan fingerprint density at radius 2 is 0.743 bits per heavy atom. The average molecular weight is 492 g/mol. The van der Waals surface area contributed by atoms with Gasteiger partial charge in [-0.15, -0.1) is 0 Å². The Labute approximate surface area is 201 Å². The number of aromatic carboxylic acids is 2. The van der Waals surface area contributed by atoms with Crippen LogP contribution in [0, 0.1) is 0 Å². The van der Waals surface area contributed by atoms with Crippen LogP contribution in [-0.4, -0.2) is 22.2 Å². The number of para-hydroxylation sites is 3. The van der Waals surface area contributed by atoms with E-state index >= 15 is 0 Å². The molecule has 0 spiro atoms. The number of rotatable bonds is 8. The number of hydrogen-bond donors (Lipinski definition) is 2. The van der Waals surface area contributed by atoms with Crippen LogP contribution in [0.4, 0.5) is 0 Å². The molecule has 8 nitrogen and oxygen atoms in total. The van der Waals surface area contributed by atoms with Gasteiger partial charge in [-0.1, -0.05) is 66.7 Å². The van der Waals surface area contributed by atoms with Gasteiger partial charge in [0.1, 0.15) is 17.2 Å². The molecule has 178 valence electrons. The maximum absolute atomic E-state index is 13.1. The number of hydrogen-bond acceptors (Lipinski definition) is 6. The highest BCUT2D eigenvalue weighted by Gasteiger charge is 2.33. The van der Waals surface area contributed by atoms with Crippen molar-refractivity contribution in [2.24, 2.45) is 0 Å². The van der Waals surface area contributed by atoms with Gasteiger partial charge < -0.3 is 23.8 Å². The largest absolute Gasteiger partial charge is 0.647 e. The van der Waals surface area contributed by atoms with E-state index < -0.39 is 19.8 Å². The van der Waals surface area contributed by atoms with Gasteiger partial charge in [-0.25, -0.2) is 9.59 Å². The Morgan fingerprint density at radius 1 is 0.486 bits per heavy atom. The molecule has 0 atom stereocenters. The highest BCUT2D eigenvalue weighted by atomic mass is 31.2. The lowest BCUT2D eigenvalue weighted by atomic mass is 10.1. The molecule has 0 saturated heterocycles. The van der Waals surface area contributed by atoms with Crippen molar-refractivity contribution in [3.63, 3.8) is 0 Å². The second-order valence-electron chi connectivity index (χ2n) is 6.82. The zero-order valence-electron chi connectivity index (χ0n) is 18.3. The molecule has 0 saturated carbocycles. The van der Waals surface area contributed by atoms with Gasteiger partial charge in [-0.2, -0.15) is 4.57 Å². The van der Waals surface area contributed by atoms with Crippen molar-refractivity contribution in [2.45, 2.75) is 0 Å². The lowest BCUT2D eigenvalue weighted by Gasteiger charge is -2.19. The molecule has 4 aromatic carbocycles. The molecule has 0 radical (unpaired) electrons. The van der Waals surface area contributed by atoms with E-state index in [0.29, 0.717) is 17.2 Å². The fourth-order valence-corrected chi connectivity index (χ4v) is 3.99. The first-order valence-corrected chi connectivity index (χ1v) is 11.7. The molecule has 4 rings (SSSR count). The first-order chi connectivity index (χ1) is 16.9. The van der Waals surface area contributed by atoms with E-state index in [1.807, 2.05) is 18.2 Å². The summed E-state index contributed by atoms with van der Waals surface area (Å²) in [5.74, 6) is -1.24. The molecule has 0 aliphatic heterocycles. The molecule has 35 heavy (non-hydrogen) atoms. The van der Waals surface area contributed by atoms with Crippen LogP contribution in [0.25, 0.3) is 0 Å². The molecule has 0 heterocycles. The van der Waals surface area contributed by atoms with E-state index in [2.05, 4.69) is 0 Å². The minimum absolute atomic E-state index is 0.190. The van der Waals surface area contributed by atoms with Crippen molar-refractivity contribution in [3.05, 3.63) is 126 Å². The first-order valence-electron chi connectivity index (χ1n) is 10.3. The Hall–Kier alpha value is -4.55. The number of phosphoric ester groups is 1. The van der Waals surface area contributed by atoms with Crippen molar-refractivity contribution in [3.8, 4) is 17.2 Å². The molecule has 0 unspecified atom stereocenters. The van der Waals surface area contributed by atoms with Crippen molar-refractivity contribution in [1.29, 1.82) is 0 Å². The maximum atomic E-state index is 13.1. The Kier molecular flexibility index (Phi) is 8.65. The van der Waals surface area contributed by atoms with Gasteiger partial charge in [0, 0.05) is 0 Å². The molecule has 0 fully saturated rings. The minimum atomic E-state index is -3.89. The van der Waals surface area contributed by atoms with Crippen LogP contribution in [-0.2, 0) is 4.57 Å². The van der Waals surface area contributed by atoms with E-state index in [1.54, 1.807) is 72.8 Å².